The second kappa shape index (κ2) is 11.2. The van der Waals surface area contributed by atoms with Crippen LogP contribution in [-0.2, 0) is 9.59 Å². The van der Waals surface area contributed by atoms with Crippen molar-refractivity contribution in [3.63, 3.8) is 0 Å². The maximum absolute atomic E-state index is 13.6. The molecule has 1 unspecified atom stereocenters. The number of carbonyl (C=O) groups excluding carboxylic acids is 2. The predicted octanol–water partition coefficient (Wildman–Crippen LogP) is 6.47. The van der Waals surface area contributed by atoms with Crippen LogP contribution in [0.2, 0.25) is 5.02 Å². The molecule has 3 aromatic carbocycles. The van der Waals surface area contributed by atoms with Crippen molar-refractivity contribution in [3.05, 3.63) is 87.9 Å². The monoisotopic (exact) mass is 535 g/mol. The number of methoxy groups -OCH3 is 1. The first-order valence-corrected chi connectivity index (χ1v) is 12.7. The number of ether oxygens (including phenoxy) is 3. The number of hydrogen-bond donors (Lipinski definition) is 1. The topological polar surface area (TPSA) is 85.3 Å². The third-order valence-corrected chi connectivity index (χ3v) is 6.32. The number of anilines is 1. The quantitative estimate of drug-likeness (QED) is 0.202. The van der Waals surface area contributed by atoms with E-state index in [4.69, 9.17) is 25.8 Å². The summed E-state index contributed by atoms with van der Waals surface area (Å²) in [6, 6.07) is 16.5. The van der Waals surface area contributed by atoms with Crippen molar-refractivity contribution in [1.29, 1.82) is 0 Å². The first-order valence-electron chi connectivity index (χ1n) is 12.3. The van der Waals surface area contributed by atoms with Gasteiger partial charge in [-0.1, -0.05) is 29.8 Å². The summed E-state index contributed by atoms with van der Waals surface area (Å²) in [5, 5.41) is 11.9. The van der Waals surface area contributed by atoms with Crippen LogP contribution in [0.1, 0.15) is 43.5 Å². The van der Waals surface area contributed by atoms with Gasteiger partial charge in [0.2, 0.25) is 0 Å². The van der Waals surface area contributed by atoms with Crippen LogP contribution < -0.4 is 19.1 Å². The van der Waals surface area contributed by atoms with Gasteiger partial charge in [0.1, 0.15) is 23.0 Å². The molecule has 1 aliphatic heterocycles. The van der Waals surface area contributed by atoms with Crippen molar-refractivity contribution in [2.75, 3.05) is 18.6 Å². The van der Waals surface area contributed by atoms with Gasteiger partial charge in [0.15, 0.2) is 0 Å². The van der Waals surface area contributed by atoms with Crippen LogP contribution in [0.15, 0.2) is 66.2 Å². The SMILES string of the molecule is CCOc1cccc(N2C(=O)C(=O)/C(=C(/O)c3cc(C)cc(Cl)c3OC)C2c2cccc(OC(C)C)c2)c1. The highest BCUT2D eigenvalue weighted by molar-refractivity contribution is 6.51. The molecule has 0 aliphatic carbocycles. The number of halogens is 1. The molecule has 3 aromatic rings. The molecule has 1 saturated heterocycles. The fourth-order valence-corrected chi connectivity index (χ4v) is 4.94. The second-order valence-electron chi connectivity index (χ2n) is 9.17. The third kappa shape index (κ3) is 5.20. The van der Waals surface area contributed by atoms with Crippen molar-refractivity contribution in [3.8, 4) is 17.2 Å². The zero-order valence-corrected chi connectivity index (χ0v) is 22.7. The number of rotatable bonds is 8. The number of aliphatic hydroxyl groups is 1. The van der Waals surface area contributed by atoms with Gasteiger partial charge in [-0.25, -0.2) is 0 Å². The summed E-state index contributed by atoms with van der Waals surface area (Å²) in [5.41, 5.74) is 1.92. The first kappa shape index (κ1) is 27.1. The predicted molar refractivity (Wildman–Crippen MR) is 147 cm³/mol. The smallest absolute Gasteiger partial charge is 0.300 e. The minimum absolute atomic E-state index is 0.0847. The number of hydrogen-bond acceptors (Lipinski definition) is 6. The normalized spacial score (nSPS) is 16.7. The van der Waals surface area contributed by atoms with Gasteiger partial charge in [0.05, 0.1) is 42.0 Å². The van der Waals surface area contributed by atoms with E-state index in [1.165, 1.54) is 12.0 Å². The number of benzene rings is 3. The Labute approximate surface area is 227 Å². The fraction of sp³-hybridized carbons (Fsp3) is 0.267. The van der Waals surface area contributed by atoms with Crippen LogP contribution in [0, 0.1) is 6.92 Å². The third-order valence-electron chi connectivity index (χ3n) is 6.04. The van der Waals surface area contributed by atoms with E-state index in [2.05, 4.69) is 0 Å². The molecule has 7 nitrogen and oxygen atoms in total. The molecule has 0 aromatic heterocycles. The zero-order chi connectivity index (χ0) is 27.6. The number of amides is 1. The fourth-order valence-electron chi connectivity index (χ4n) is 4.59. The number of Topliss-reactive ketones (excluding diaryl/α,β-unsaturated/α-hetero) is 1. The lowest BCUT2D eigenvalue weighted by Crippen LogP contribution is -2.29. The Morgan fingerprint density at radius 2 is 1.76 bits per heavy atom. The molecule has 0 bridgehead atoms. The van der Waals surface area contributed by atoms with Crippen LogP contribution in [0.5, 0.6) is 17.2 Å². The standard InChI is InChI=1S/C30H30ClNO6/c1-6-37-21-11-8-10-20(16-21)32-26(19-9-7-12-22(15-19)38-17(2)3)25(28(34)30(32)35)27(33)23-13-18(4)14-24(31)29(23)36-5/h7-17,26,33H,6H2,1-5H3/b27-25+. The molecule has 8 heteroatoms. The average molecular weight is 536 g/mol. The molecule has 1 N–H and O–H groups in total. The lowest BCUT2D eigenvalue weighted by Gasteiger charge is -2.26. The van der Waals surface area contributed by atoms with Gasteiger partial charge < -0.3 is 19.3 Å². The van der Waals surface area contributed by atoms with Crippen LogP contribution in [-0.4, -0.2) is 36.6 Å². The van der Waals surface area contributed by atoms with Crippen LogP contribution >= 0.6 is 11.6 Å². The van der Waals surface area contributed by atoms with Gasteiger partial charge in [-0.2, -0.15) is 0 Å². The summed E-state index contributed by atoms with van der Waals surface area (Å²) >= 11 is 6.39. The summed E-state index contributed by atoms with van der Waals surface area (Å²) in [4.78, 5) is 28.5. The number of carbonyl (C=O) groups is 2. The summed E-state index contributed by atoms with van der Waals surface area (Å²) in [5.74, 6) is -0.663. The van der Waals surface area contributed by atoms with E-state index < -0.39 is 17.7 Å². The van der Waals surface area contributed by atoms with Gasteiger partial charge in [-0.05, 0) is 75.2 Å². The molecule has 0 saturated carbocycles. The van der Waals surface area contributed by atoms with Crippen molar-refractivity contribution in [1.82, 2.24) is 0 Å². The summed E-state index contributed by atoms with van der Waals surface area (Å²) in [6.45, 7) is 7.93. The molecule has 1 atom stereocenters. The van der Waals surface area contributed by atoms with Crippen LogP contribution in [0.25, 0.3) is 5.76 Å². The number of aliphatic hydroxyl groups excluding tert-OH is 1. The minimum Gasteiger partial charge on any atom is -0.507 e. The number of ketones is 1. The van der Waals surface area contributed by atoms with Gasteiger partial charge in [0.25, 0.3) is 11.7 Å². The van der Waals surface area contributed by atoms with Crippen molar-refractivity contribution in [2.45, 2.75) is 39.8 Å². The lowest BCUT2D eigenvalue weighted by molar-refractivity contribution is -0.132. The molecule has 0 spiro atoms. The molecule has 0 radical (unpaired) electrons. The Balaban J connectivity index is 1.99. The van der Waals surface area contributed by atoms with Gasteiger partial charge >= 0.3 is 0 Å². The number of nitrogens with zero attached hydrogens (tertiary/aromatic N) is 1. The Kier molecular flexibility index (Phi) is 7.97. The Bertz CT molecular complexity index is 1410. The molecule has 198 valence electrons. The van der Waals surface area contributed by atoms with Crippen LogP contribution in [0.3, 0.4) is 0 Å². The summed E-state index contributed by atoms with van der Waals surface area (Å²) in [6.07, 6.45) is -0.0850. The molecule has 38 heavy (non-hydrogen) atoms. The molecular formula is C30H30ClNO6. The minimum atomic E-state index is -0.952. The highest BCUT2D eigenvalue weighted by Crippen LogP contribution is 2.45. The van der Waals surface area contributed by atoms with Crippen LogP contribution in [0.4, 0.5) is 5.69 Å². The van der Waals surface area contributed by atoms with Gasteiger partial charge in [-0.3, -0.25) is 14.5 Å². The summed E-state index contributed by atoms with van der Waals surface area (Å²) < 4.78 is 17.0. The molecule has 1 heterocycles. The maximum Gasteiger partial charge on any atom is 0.300 e. The van der Waals surface area contributed by atoms with E-state index in [9.17, 15) is 14.7 Å². The summed E-state index contributed by atoms with van der Waals surface area (Å²) in [7, 11) is 1.43. The van der Waals surface area contributed by atoms with E-state index in [-0.39, 0.29) is 33.8 Å². The molecule has 1 aliphatic rings. The Morgan fingerprint density at radius 3 is 2.45 bits per heavy atom. The highest BCUT2D eigenvalue weighted by atomic mass is 35.5. The average Bonchev–Trinajstić information content (AvgIpc) is 3.13. The Morgan fingerprint density at radius 1 is 1.05 bits per heavy atom. The highest BCUT2D eigenvalue weighted by Gasteiger charge is 2.47. The first-order chi connectivity index (χ1) is 18.2. The van der Waals surface area contributed by atoms with Gasteiger partial charge in [-0.15, -0.1) is 0 Å². The molecule has 1 fully saturated rings. The van der Waals surface area contributed by atoms with Gasteiger partial charge in [0, 0.05) is 11.8 Å². The number of aryl methyl sites for hydroxylation is 1. The van der Waals surface area contributed by atoms with E-state index in [1.54, 1.807) is 60.7 Å². The van der Waals surface area contributed by atoms with E-state index in [0.29, 0.717) is 29.4 Å². The Hall–Kier alpha value is -3.97. The van der Waals surface area contributed by atoms with E-state index in [0.717, 1.165) is 5.56 Å². The molecule has 4 rings (SSSR count). The van der Waals surface area contributed by atoms with Crippen molar-refractivity contribution >= 4 is 34.7 Å². The van der Waals surface area contributed by atoms with Crippen molar-refractivity contribution < 1.29 is 28.9 Å². The maximum atomic E-state index is 13.6. The molecule has 1 amide bonds. The zero-order valence-electron chi connectivity index (χ0n) is 21.9. The lowest BCUT2D eigenvalue weighted by atomic mass is 9.94. The van der Waals surface area contributed by atoms with Crippen molar-refractivity contribution in [2.24, 2.45) is 0 Å². The molecular weight excluding hydrogens is 506 g/mol. The van der Waals surface area contributed by atoms with E-state index in [1.807, 2.05) is 27.7 Å². The second-order valence-corrected chi connectivity index (χ2v) is 9.57. The van der Waals surface area contributed by atoms with E-state index >= 15 is 0 Å². The largest absolute Gasteiger partial charge is 0.507 e.